The number of hydrogen-bond donors (Lipinski definition) is 3. The molecule has 12 heteroatoms. The SMILES string of the molecule is C=CC(=O)O.C=CC(=O)O.C=CC(=O)O.CC1(C)CC(N=C=O)CC(C)(CN=C=O)C1.c1ccc(OCC2CO2)cc1. The first-order valence-electron chi connectivity index (χ1n) is 12.6. The molecule has 0 radical (unpaired) electrons. The van der Waals surface area contributed by atoms with E-state index < -0.39 is 17.9 Å². The molecule has 3 atom stereocenters. The Morgan fingerprint density at radius 1 is 0.952 bits per heavy atom. The van der Waals surface area contributed by atoms with Gasteiger partial charge in [-0.1, -0.05) is 58.7 Å². The summed E-state index contributed by atoms with van der Waals surface area (Å²) in [5.74, 6) is -2.02. The van der Waals surface area contributed by atoms with Crippen molar-refractivity contribution in [2.24, 2.45) is 20.8 Å². The molecule has 3 unspecified atom stereocenters. The maximum absolute atomic E-state index is 10.3. The van der Waals surface area contributed by atoms with Gasteiger partial charge in [0.25, 0.3) is 0 Å². The second-order valence-corrected chi connectivity index (χ2v) is 10.0. The van der Waals surface area contributed by atoms with E-state index in [0.29, 0.717) is 19.3 Å². The van der Waals surface area contributed by atoms with Gasteiger partial charge in [-0.05, 0) is 42.2 Å². The van der Waals surface area contributed by atoms with E-state index in [0.717, 1.165) is 49.8 Å². The molecule has 1 saturated heterocycles. The van der Waals surface area contributed by atoms with E-state index in [-0.39, 0.29) is 16.9 Å². The number of carbonyl (C=O) groups is 3. The van der Waals surface area contributed by atoms with Gasteiger partial charge in [0.15, 0.2) is 0 Å². The van der Waals surface area contributed by atoms with Crippen LogP contribution in [0.3, 0.4) is 0 Å². The minimum absolute atomic E-state index is 0.00750. The fraction of sp³-hybridized carbons (Fsp3) is 0.433. The van der Waals surface area contributed by atoms with Gasteiger partial charge in [-0.15, -0.1) is 0 Å². The van der Waals surface area contributed by atoms with E-state index in [1.165, 1.54) is 0 Å². The Morgan fingerprint density at radius 3 is 1.81 bits per heavy atom. The smallest absolute Gasteiger partial charge is 0.327 e. The molecule has 2 fully saturated rings. The average molecular weight is 589 g/mol. The van der Waals surface area contributed by atoms with Crippen molar-refractivity contribution < 1.29 is 48.8 Å². The molecule has 3 N–H and O–H groups in total. The highest BCUT2D eigenvalue weighted by Crippen LogP contribution is 2.47. The van der Waals surface area contributed by atoms with E-state index in [1.807, 2.05) is 30.3 Å². The highest BCUT2D eigenvalue weighted by Gasteiger charge is 2.41. The van der Waals surface area contributed by atoms with Gasteiger partial charge in [-0.2, -0.15) is 0 Å². The number of nitrogens with zero attached hydrogens (tertiary/aromatic N) is 2. The zero-order valence-corrected chi connectivity index (χ0v) is 24.2. The fourth-order valence-corrected chi connectivity index (χ4v) is 3.96. The van der Waals surface area contributed by atoms with Crippen LogP contribution in [-0.2, 0) is 28.7 Å². The molecule has 2 aliphatic rings. The number of aliphatic carboxylic acids is 3. The van der Waals surface area contributed by atoms with Crippen LogP contribution in [0.15, 0.2) is 78.3 Å². The van der Waals surface area contributed by atoms with Gasteiger partial charge >= 0.3 is 17.9 Å². The molecule has 230 valence electrons. The summed E-state index contributed by atoms with van der Waals surface area (Å²) in [7, 11) is 0. The molecule has 1 aromatic carbocycles. The Balaban J connectivity index is 0. The lowest BCUT2D eigenvalue weighted by atomic mass is 9.63. The van der Waals surface area contributed by atoms with Crippen molar-refractivity contribution in [3.63, 3.8) is 0 Å². The number of para-hydroxylation sites is 1. The Hall–Kier alpha value is -4.63. The number of epoxide rings is 1. The maximum atomic E-state index is 10.3. The summed E-state index contributed by atoms with van der Waals surface area (Å²) in [6.45, 7) is 17.3. The fourth-order valence-electron chi connectivity index (χ4n) is 3.96. The third kappa shape index (κ3) is 24.4. The summed E-state index contributed by atoms with van der Waals surface area (Å²) in [5, 5.41) is 22.8. The molecule has 12 nitrogen and oxygen atoms in total. The topological polar surface area (TPSA) is 193 Å². The first-order valence-corrected chi connectivity index (χ1v) is 12.6. The number of hydrogen-bond acceptors (Lipinski definition) is 9. The molecule has 1 heterocycles. The Bertz CT molecular complexity index is 1060. The van der Waals surface area contributed by atoms with E-state index in [2.05, 4.69) is 50.5 Å². The highest BCUT2D eigenvalue weighted by atomic mass is 16.6. The molecule has 0 amide bonds. The van der Waals surface area contributed by atoms with Crippen LogP contribution in [0.2, 0.25) is 0 Å². The van der Waals surface area contributed by atoms with Crippen molar-refractivity contribution in [2.45, 2.75) is 52.2 Å². The molecule has 1 aromatic rings. The van der Waals surface area contributed by atoms with Crippen LogP contribution < -0.4 is 4.74 Å². The molecule has 0 bridgehead atoms. The first-order chi connectivity index (χ1) is 19.7. The number of benzene rings is 1. The first kappa shape index (κ1) is 39.5. The van der Waals surface area contributed by atoms with Gasteiger partial charge in [0.05, 0.1) is 19.2 Å². The van der Waals surface area contributed by atoms with Crippen LogP contribution in [0.4, 0.5) is 0 Å². The lowest BCUT2D eigenvalue weighted by Gasteiger charge is -2.44. The second-order valence-electron chi connectivity index (χ2n) is 10.0. The van der Waals surface area contributed by atoms with Crippen molar-refractivity contribution in [2.75, 3.05) is 19.8 Å². The van der Waals surface area contributed by atoms with Crippen LogP contribution >= 0.6 is 0 Å². The van der Waals surface area contributed by atoms with Crippen molar-refractivity contribution in [1.29, 1.82) is 0 Å². The van der Waals surface area contributed by atoms with Gasteiger partial charge in [0, 0.05) is 18.2 Å². The zero-order valence-electron chi connectivity index (χ0n) is 24.2. The molecule has 1 aliphatic carbocycles. The van der Waals surface area contributed by atoms with E-state index in [9.17, 15) is 24.0 Å². The molecule has 0 aromatic heterocycles. The average Bonchev–Trinajstić information content (AvgIpc) is 3.76. The van der Waals surface area contributed by atoms with Crippen LogP contribution in [0.25, 0.3) is 0 Å². The van der Waals surface area contributed by atoms with Crippen molar-refractivity contribution in [3.05, 3.63) is 68.3 Å². The normalized spacial score (nSPS) is 20.2. The molecule has 0 spiro atoms. The Morgan fingerprint density at radius 2 is 1.43 bits per heavy atom. The number of carbonyl (C=O) groups excluding carboxylic acids is 2. The lowest BCUT2D eigenvalue weighted by molar-refractivity contribution is -0.132. The van der Waals surface area contributed by atoms with Crippen LogP contribution in [0, 0.1) is 10.8 Å². The Kier molecular flexibility index (Phi) is 20.8. The van der Waals surface area contributed by atoms with Crippen molar-refractivity contribution >= 4 is 30.1 Å². The number of rotatable bonds is 9. The van der Waals surface area contributed by atoms with Gasteiger partial charge in [0.1, 0.15) is 18.5 Å². The second kappa shape index (κ2) is 22.1. The third-order valence-electron chi connectivity index (χ3n) is 5.29. The number of aliphatic imine (C=N–C) groups is 2. The van der Waals surface area contributed by atoms with Crippen molar-refractivity contribution in [3.8, 4) is 5.75 Å². The van der Waals surface area contributed by atoms with Crippen LogP contribution in [0.5, 0.6) is 5.75 Å². The summed E-state index contributed by atoms with van der Waals surface area (Å²) in [6.07, 6.45) is 8.72. The van der Waals surface area contributed by atoms with Gasteiger partial charge in [-0.25, -0.2) is 34.0 Å². The monoisotopic (exact) mass is 588 g/mol. The molecular weight excluding hydrogens is 548 g/mol. The molecule has 3 rings (SSSR count). The number of isocyanates is 2. The zero-order chi connectivity index (χ0) is 32.6. The summed E-state index contributed by atoms with van der Waals surface area (Å²) < 4.78 is 10.4. The minimum atomic E-state index is -0.981. The highest BCUT2D eigenvalue weighted by molar-refractivity contribution is 5.79. The number of ether oxygens (including phenoxy) is 2. The molecule has 1 aliphatic heterocycles. The third-order valence-corrected chi connectivity index (χ3v) is 5.29. The predicted molar refractivity (Wildman–Crippen MR) is 156 cm³/mol. The maximum Gasteiger partial charge on any atom is 0.327 e. The van der Waals surface area contributed by atoms with Gasteiger partial charge in [-0.3, -0.25) is 0 Å². The summed E-state index contributed by atoms with van der Waals surface area (Å²) in [6, 6.07) is 9.80. The van der Waals surface area contributed by atoms with E-state index >= 15 is 0 Å². The van der Waals surface area contributed by atoms with Crippen LogP contribution in [0.1, 0.15) is 40.0 Å². The summed E-state index contributed by atoms with van der Waals surface area (Å²) in [4.78, 5) is 55.8. The summed E-state index contributed by atoms with van der Waals surface area (Å²) in [5.41, 5.74) is 0.0561. The van der Waals surface area contributed by atoms with Gasteiger partial charge in [0.2, 0.25) is 12.2 Å². The van der Waals surface area contributed by atoms with E-state index in [4.69, 9.17) is 24.8 Å². The molecular formula is C30H40N2O10. The quantitative estimate of drug-likeness (QED) is 0.160. The predicted octanol–water partition coefficient (Wildman–Crippen LogP) is 4.48. The largest absolute Gasteiger partial charge is 0.491 e. The van der Waals surface area contributed by atoms with Crippen LogP contribution in [-0.4, -0.2) is 77.3 Å². The Labute approximate surface area is 245 Å². The minimum Gasteiger partial charge on any atom is -0.491 e. The number of carboxylic acid groups (broad SMARTS) is 3. The van der Waals surface area contributed by atoms with Crippen molar-refractivity contribution in [1.82, 2.24) is 0 Å². The van der Waals surface area contributed by atoms with E-state index in [1.54, 1.807) is 12.2 Å². The molecule has 1 saturated carbocycles. The molecule has 42 heavy (non-hydrogen) atoms. The summed E-state index contributed by atoms with van der Waals surface area (Å²) >= 11 is 0. The lowest BCUT2D eigenvalue weighted by Crippen LogP contribution is -2.39. The standard InChI is InChI=1S/C12H18N2O2.C9H10O2.3C3H4O2/c1-11(2)4-10(14-9-16)5-12(3,6-11)7-13-8-15;1-2-4-8(5-3-1)10-6-9-7-11-9;3*1-2-3(4)5/h10H,4-7H2,1-3H3;1-5,9H,6-7H2;3*2H,1H2,(H,4,5). The van der Waals surface area contributed by atoms with Gasteiger partial charge < -0.3 is 24.8 Å². The number of carboxylic acids is 3.